The van der Waals surface area contributed by atoms with Crippen LogP contribution in [0.25, 0.3) is 0 Å². The van der Waals surface area contributed by atoms with Gasteiger partial charge in [0.15, 0.2) is 0 Å². The Bertz CT molecular complexity index is 325. The van der Waals surface area contributed by atoms with E-state index < -0.39 is 12.4 Å². The summed E-state index contributed by atoms with van der Waals surface area (Å²) in [4.78, 5) is 0. The summed E-state index contributed by atoms with van der Waals surface area (Å²) >= 11 is 0. The second-order valence-corrected chi connectivity index (χ2v) is 2.68. The normalized spacial score (nSPS) is 11.2. The van der Waals surface area contributed by atoms with Gasteiger partial charge in [-0.05, 0) is 18.2 Å². The zero-order valence-corrected chi connectivity index (χ0v) is 7.76. The molecule has 0 atom stereocenters. The summed E-state index contributed by atoms with van der Waals surface area (Å²) in [5, 5.41) is 0. The molecule has 0 amide bonds. The molecule has 0 radical (unpaired) electrons. The van der Waals surface area contributed by atoms with Crippen molar-refractivity contribution in [3.8, 4) is 11.5 Å². The van der Waals surface area contributed by atoms with Gasteiger partial charge in [0, 0.05) is 0 Å². The van der Waals surface area contributed by atoms with Gasteiger partial charge >= 0.3 is 6.98 Å². The van der Waals surface area contributed by atoms with Crippen LogP contribution in [0, 0.1) is 0 Å². The minimum Gasteiger partial charge on any atom is -0.500 e. The first-order valence-electron chi connectivity index (χ1n) is 3.91. The lowest BCUT2D eigenvalue weighted by molar-refractivity contribution is 0.401. The molecule has 0 spiro atoms. The lowest BCUT2D eigenvalue weighted by atomic mass is 9.79. The molecular formula is C8H9BF3O2-. The number of ether oxygens (including phenoxy) is 2. The first-order valence-corrected chi connectivity index (χ1v) is 3.91. The summed E-state index contributed by atoms with van der Waals surface area (Å²) in [5.74, 6) is -0.0155. The van der Waals surface area contributed by atoms with E-state index in [0.29, 0.717) is 0 Å². The number of benzene rings is 1. The van der Waals surface area contributed by atoms with E-state index in [1.54, 1.807) is 0 Å². The van der Waals surface area contributed by atoms with Crippen molar-refractivity contribution in [3.05, 3.63) is 18.2 Å². The minimum absolute atomic E-state index is 0.167. The zero-order chi connectivity index (χ0) is 10.8. The van der Waals surface area contributed by atoms with Crippen molar-refractivity contribution in [1.29, 1.82) is 0 Å². The van der Waals surface area contributed by atoms with Crippen LogP contribution >= 0.6 is 0 Å². The average molecular weight is 205 g/mol. The van der Waals surface area contributed by atoms with Crippen LogP contribution < -0.4 is 14.9 Å². The van der Waals surface area contributed by atoms with Crippen molar-refractivity contribution in [2.24, 2.45) is 0 Å². The van der Waals surface area contributed by atoms with Gasteiger partial charge < -0.3 is 22.4 Å². The van der Waals surface area contributed by atoms with Crippen LogP contribution in [0.5, 0.6) is 11.5 Å². The molecular weight excluding hydrogens is 196 g/mol. The van der Waals surface area contributed by atoms with E-state index in [2.05, 4.69) is 4.74 Å². The fourth-order valence-electron chi connectivity index (χ4n) is 1.10. The molecule has 0 bridgehead atoms. The van der Waals surface area contributed by atoms with Crippen LogP contribution in [0.2, 0.25) is 0 Å². The molecule has 14 heavy (non-hydrogen) atoms. The Morgan fingerprint density at radius 1 is 1.07 bits per heavy atom. The maximum atomic E-state index is 12.5. The average Bonchev–Trinajstić information content (AvgIpc) is 2.15. The van der Waals surface area contributed by atoms with Crippen molar-refractivity contribution in [1.82, 2.24) is 0 Å². The van der Waals surface area contributed by atoms with E-state index >= 15 is 0 Å². The standard InChI is InChI=1S/C8H9BF3O2/c1-13-6-3-4-8(14-2)7(5-6)9(10,11)12/h3-5H,1-2H3/q-1. The van der Waals surface area contributed by atoms with Gasteiger partial charge in [-0.3, -0.25) is 0 Å². The van der Waals surface area contributed by atoms with Crippen molar-refractivity contribution < 1.29 is 22.4 Å². The first kappa shape index (κ1) is 10.8. The molecule has 0 aromatic heterocycles. The zero-order valence-electron chi connectivity index (χ0n) is 7.76. The molecule has 1 aromatic rings. The van der Waals surface area contributed by atoms with E-state index in [0.717, 1.165) is 6.07 Å². The van der Waals surface area contributed by atoms with Gasteiger partial charge in [-0.15, -0.1) is 0 Å². The van der Waals surface area contributed by atoms with Crippen molar-refractivity contribution in [2.75, 3.05) is 14.2 Å². The molecule has 0 aliphatic heterocycles. The Hall–Kier alpha value is -1.33. The highest BCUT2D eigenvalue weighted by atomic mass is 19.4. The fraction of sp³-hybridized carbons (Fsp3) is 0.250. The van der Waals surface area contributed by atoms with Crippen LogP contribution in [0.1, 0.15) is 0 Å². The molecule has 6 heteroatoms. The second kappa shape index (κ2) is 3.81. The van der Waals surface area contributed by atoms with Gasteiger partial charge in [-0.2, -0.15) is 0 Å². The highest BCUT2D eigenvalue weighted by Crippen LogP contribution is 2.21. The van der Waals surface area contributed by atoms with Gasteiger partial charge in [0.1, 0.15) is 5.75 Å². The highest BCUT2D eigenvalue weighted by Gasteiger charge is 2.29. The summed E-state index contributed by atoms with van der Waals surface area (Å²) < 4.78 is 46.8. The Balaban J connectivity index is 3.22. The molecule has 78 valence electrons. The van der Waals surface area contributed by atoms with Gasteiger partial charge in [0.2, 0.25) is 0 Å². The molecule has 1 rings (SSSR count). The molecule has 0 unspecified atom stereocenters. The Morgan fingerprint density at radius 2 is 1.71 bits per heavy atom. The van der Waals surface area contributed by atoms with E-state index in [4.69, 9.17) is 4.74 Å². The molecule has 2 nitrogen and oxygen atoms in total. The number of methoxy groups -OCH3 is 2. The largest absolute Gasteiger partial charge is 0.513 e. The van der Waals surface area contributed by atoms with E-state index in [9.17, 15) is 12.9 Å². The number of rotatable bonds is 3. The van der Waals surface area contributed by atoms with Crippen molar-refractivity contribution in [3.63, 3.8) is 0 Å². The summed E-state index contributed by atoms with van der Waals surface area (Å²) in [6, 6.07) is 3.59. The molecule has 0 heterocycles. The Morgan fingerprint density at radius 3 is 2.14 bits per heavy atom. The first-order chi connectivity index (χ1) is 6.49. The predicted octanol–water partition coefficient (Wildman–Crippen LogP) is 1.76. The summed E-state index contributed by atoms with van der Waals surface area (Å²) in [7, 11) is 2.52. The summed E-state index contributed by atoms with van der Waals surface area (Å²) in [6.45, 7) is -5.07. The summed E-state index contributed by atoms with van der Waals surface area (Å²) in [6.07, 6.45) is 0. The van der Waals surface area contributed by atoms with E-state index in [-0.39, 0.29) is 11.5 Å². The molecule has 0 saturated heterocycles. The second-order valence-electron chi connectivity index (χ2n) is 2.68. The van der Waals surface area contributed by atoms with Crippen molar-refractivity contribution in [2.45, 2.75) is 0 Å². The van der Waals surface area contributed by atoms with Gasteiger partial charge in [-0.25, -0.2) is 0 Å². The molecule has 0 saturated carbocycles. The van der Waals surface area contributed by atoms with Crippen LogP contribution in [0.3, 0.4) is 0 Å². The number of hydrogen-bond donors (Lipinski definition) is 0. The molecule has 0 fully saturated rings. The van der Waals surface area contributed by atoms with Gasteiger partial charge in [-0.1, -0.05) is 5.46 Å². The van der Waals surface area contributed by atoms with Gasteiger partial charge in [0.25, 0.3) is 0 Å². The number of halogens is 3. The van der Waals surface area contributed by atoms with E-state index in [1.165, 1.54) is 26.4 Å². The van der Waals surface area contributed by atoms with Crippen LogP contribution in [-0.4, -0.2) is 21.2 Å². The van der Waals surface area contributed by atoms with Crippen LogP contribution in [0.4, 0.5) is 12.9 Å². The Labute approximate surface area is 79.7 Å². The monoisotopic (exact) mass is 205 g/mol. The quantitative estimate of drug-likeness (QED) is 0.699. The smallest absolute Gasteiger partial charge is 0.500 e. The SMILES string of the molecule is COc1ccc(OC)c([B-](F)(F)F)c1. The molecule has 1 aromatic carbocycles. The lowest BCUT2D eigenvalue weighted by Crippen LogP contribution is -2.35. The highest BCUT2D eigenvalue weighted by molar-refractivity contribution is 6.74. The van der Waals surface area contributed by atoms with Crippen LogP contribution in [-0.2, 0) is 0 Å². The van der Waals surface area contributed by atoms with E-state index in [1.807, 2.05) is 0 Å². The topological polar surface area (TPSA) is 18.5 Å². The lowest BCUT2D eigenvalue weighted by Gasteiger charge is -2.19. The third-order valence-corrected chi connectivity index (χ3v) is 1.79. The Kier molecular flexibility index (Phi) is 2.93. The minimum atomic E-state index is -5.07. The molecule has 0 aliphatic rings. The molecule has 0 N–H and O–H groups in total. The third kappa shape index (κ3) is 2.13. The number of hydrogen-bond acceptors (Lipinski definition) is 2. The fourth-order valence-corrected chi connectivity index (χ4v) is 1.10. The molecule has 0 aliphatic carbocycles. The maximum Gasteiger partial charge on any atom is 0.513 e. The van der Waals surface area contributed by atoms with Gasteiger partial charge in [0.05, 0.1) is 20.0 Å². The van der Waals surface area contributed by atoms with Crippen molar-refractivity contribution >= 4 is 12.4 Å². The third-order valence-electron chi connectivity index (χ3n) is 1.79. The summed E-state index contributed by atoms with van der Waals surface area (Å²) in [5.41, 5.74) is -0.771. The maximum absolute atomic E-state index is 12.5. The van der Waals surface area contributed by atoms with Crippen LogP contribution in [0.15, 0.2) is 18.2 Å². The predicted molar refractivity (Wildman–Crippen MR) is 48.3 cm³/mol.